The molecule has 4 nitrogen and oxygen atoms in total. The number of carboxylic acid groups (broad SMARTS) is 1. The highest BCUT2D eigenvalue weighted by Gasteiger charge is 2.32. The van der Waals surface area contributed by atoms with Crippen molar-refractivity contribution in [2.75, 3.05) is 11.4 Å². The lowest BCUT2D eigenvalue weighted by Crippen LogP contribution is -2.37. The van der Waals surface area contributed by atoms with Gasteiger partial charge in [0, 0.05) is 18.7 Å². The van der Waals surface area contributed by atoms with Crippen molar-refractivity contribution in [3.05, 3.63) is 30.3 Å². The Kier molecular flexibility index (Phi) is 5.74. The molecule has 0 atom stereocenters. The van der Waals surface area contributed by atoms with E-state index in [1.165, 1.54) is 0 Å². The van der Waals surface area contributed by atoms with Crippen LogP contribution < -0.4 is 4.90 Å². The summed E-state index contributed by atoms with van der Waals surface area (Å²) in [6, 6.07) is 9.41. The number of rotatable bonds is 7. The smallest absolute Gasteiger partial charge is 0.309 e. The maximum absolute atomic E-state index is 12.4. The lowest BCUT2D eigenvalue weighted by atomic mass is 9.89. The molecule has 0 fully saturated rings. The largest absolute Gasteiger partial charge is 0.481 e. The Labute approximate surface area is 120 Å². The SMILES string of the molecule is CCCCN(C(=O)CC(C)(C)C(=O)O)c1ccccc1. The number of carboxylic acids is 1. The van der Waals surface area contributed by atoms with E-state index >= 15 is 0 Å². The lowest BCUT2D eigenvalue weighted by Gasteiger charge is -2.26. The minimum atomic E-state index is -1.05. The second-order valence-electron chi connectivity index (χ2n) is 5.60. The van der Waals surface area contributed by atoms with Crippen LogP contribution in [0.15, 0.2) is 30.3 Å². The number of hydrogen-bond acceptors (Lipinski definition) is 2. The van der Waals surface area contributed by atoms with Crippen LogP contribution in [0.3, 0.4) is 0 Å². The fourth-order valence-corrected chi connectivity index (χ4v) is 1.87. The predicted molar refractivity (Wildman–Crippen MR) is 79.7 cm³/mol. The number of benzene rings is 1. The van der Waals surface area contributed by atoms with Gasteiger partial charge in [0.2, 0.25) is 5.91 Å². The third-order valence-corrected chi connectivity index (χ3v) is 3.28. The average Bonchev–Trinajstić information content (AvgIpc) is 2.39. The molecule has 0 aliphatic heterocycles. The Morgan fingerprint density at radius 2 is 1.80 bits per heavy atom. The zero-order valence-electron chi connectivity index (χ0n) is 12.4. The molecule has 1 rings (SSSR count). The first-order chi connectivity index (χ1) is 9.38. The number of hydrogen-bond donors (Lipinski definition) is 1. The van der Waals surface area contributed by atoms with E-state index < -0.39 is 11.4 Å². The van der Waals surface area contributed by atoms with Crippen LogP contribution in [0.4, 0.5) is 5.69 Å². The third-order valence-electron chi connectivity index (χ3n) is 3.28. The van der Waals surface area contributed by atoms with Gasteiger partial charge in [-0.1, -0.05) is 31.5 Å². The lowest BCUT2D eigenvalue weighted by molar-refractivity contribution is -0.149. The van der Waals surface area contributed by atoms with Crippen molar-refractivity contribution >= 4 is 17.6 Å². The molecule has 0 heterocycles. The summed E-state index contributed by atoms with van der Waals surface area (Å²) in [6.07, 6.45) is 1.88. The van der Waals surface area contributed by atoms with Crippen LogP contribution in [-0.4, -0.2) is 23.5 Å². The fraction of sp³-hybridized carbons (Fsp3) is 0.500. The normalized spacial score (nSPS) is 11.2. The van der Waals surface area contributed by atoms with E-state index in [1.807, 2.05) is 30.3 Å². The molecule has 0 spiro atoms. The van der Waals surface area contributed by atoms with E-state index in [-0.39, 0.29) is 12.3 Å². The second kappa shape index (κ2) is 7.08. The van der Waals surface area contributed by atoms with Crippen molar-refractivity contribution in [2.45, 2.75) is 40.0 Å². The molecule has 0 saturated heterocycles. The molecule has 0 unspecified atom stereocenters. The quantitative estimate of drug-likeness (QED) is 0.831. The maximum atomic E-state index is 12.4. The molecular weight excluding hydrogens is 254 g/mol. The summed E-state index contributed by atoms with van der Waals surface area (Å²) in [7, 11) is 0. The summed E-state index contributed by atoms with van der Waals surface area (Å²) >= 11 is 0. The standard InChI is InChI=1S/C16H23NO3/c1-4-5-11-17(13-9-7-6-8-10-13)14(18)12-16(2,3)15(19)20/h6-10H,4-5,11-12H2,1-3H3,(H,19,20). The molecule has 1 aromatic carbocycles. The average molecular weight is 277 g/mol. The number of anilines is 1. The van der Waals surface area contributed by atoms with Crippen LogP contribution in [0.2, 0.25) is 0 Å². The van der Waals surface area contributed by atoms with Gasteiger partial charge in [-0.05, 0) is 32.4 Å². The Bertz CT molecular complexity index is 454. The van der Waals surface area contributed by atoms with Gasteiger partial charge in [-0.25, -0.2) is 0 Å². The van der Waals surface area contributed by atoms with Crippen LogP contribution in [0.5, 0.6) is 0 Å². The van der Waals surface area contributed by atoms with Crippen molar-refractivity contribution < 1.29 is 14.7 Å². The summed E-state index contributed by atoms with van der Waals surface area (Å²) in [5.41, 5.74) is -0.219. The minimum absolute atomic E-state index is 0.000934. The maximum Gasteiger partial charge on any atom is 0.309 e. The van der Waals surface area contributed by atoms with E-state index in [9.17, 15) is 9.59 Å². The molecule has 0 saturated carbocycles. The Morgan fingerprint density at radius 1 is 1.20 bits per heavy atom. The molecule has 0 aliphatic rings. The number of para-hydroxylation sites is 1. The summed E-state index contributed by atoms with van der Waals surface area (Å²) in [5, 5.41) is 9.15. The van der Waals surface area contributed by atoms with Gasteiger partial charge in [0.25, 0.3) is 0 Å². The first kappa shape index (κ1) is 16.2. The third kappa shape index (κ3) is 4.37. The molecule has 1 amide bonds. The zero-order valence-corrected chi connectivity index (χ0v) is 12.4. The number of carbonyl (C=O) groups is 2. The first-order valence-corrected chi connectivity index (χ1v) is 6.97. The van der Waals surface area contributed by atoms with Gasteiger partial charge >= 0.3 is 5.97 Å². The van der Waals surface area contributed by atoms with Gasteiger partial charge in [-0.15, -0.1) is 0 Å². The van der Waals surface area contributed by atoms with Crippen LogP contribution >= 0.6 is 0 Å². The molecule has 0 bridgehead atoms. The molecular formula is C16H23NO3. The zero-order chi connectivity index (χ0) is 15.2. The van der Waals surface area contributed by atoms with Crippen molar-refractivity contribution in [3.63, 3.8) is 0 Å². The molecule has 0 aromatic heterocycles. The van der Waals surface area contributed by atoms with Crippen LogP contribution in [-0.2, 0) is 9.59 Å². The monoisotopic (exact) mass is 277 g/mol. The molecule has 1 aromatic rings. The highest BCUT2D eigenvalue weighted by atomic mass is 16.4. The van der Waals surface area contributed by atoms with Gasteiger partial charge in [0.05, 0.1) is 5.41 Å². The number of amides is 1. The highest BCUT2D eigenvalue weighted by molar-refractivity contribution is 5.96. The fourth-order valence-electron chi connectivity index (χ4n) is 1.87. The second-order valence-corrected chi connectivity index (χ2v) is 5.60. The number of aliphatic carboxylic acids is 1. The van der Waals surface area contributed by atoms with Gasteiger partial charge < -0.3 is 10.0 Å². The van der Waals surface area contributed by atoms with Crippen molar-refractivity contribution in [1.29, 1.82) is 0 Å². The number of carbonyl (C=O) groups excluding carboxylic acids is 1. The summed E-state index contributed by atoms with van der Waals surface area (Å²) in [4.78, 5) is 25.3. The van der Waals surface area contributed by atoms with Gasteiger partial charge in [0.1, 0.15) is 0 Å². The van der Waals surface area contributed by atoms with Gasteiger partial charge in [0.15, 0.2) is 0 Å². The first-order valence-electron chi connectivity index (χ1n) is 6.97. The van der Waals surface area contributed by atoms with E-state index in [4.69, 9.17) is 5.11 Å². The van der Waals surface area contributed by atoms with E-state index in [2.05, 4.69) is 6.92 Å². The molecule has 20 heavy (non-hydrogen) atoms. The van der Waals surface area contributed by atoms with E-state index in [0.717, 1.165) is 18.5 Å². The highest BCUT2D eigenvalue weighted by Crippen LogP contribution is 2.24. The van der Waals surface area contributed by atoms with Crippen molar-refractivity contribution in [2.24, 2.45) is 5.41 Å². The molecule has 110 valence electrons. The van der Waals surface area contributed by atoms with Crippen molar-refractivity contribution in [3.8, 4) is 0 Å². The molecule has 1 N–H and O–H groups in total. The van der Waals surface area contributed by atoms with Crippen molar-refractivity contribution in [1.82, 2.24) is 0 Å². The molecule has 0 aliphatic carbocycles. The Balaban J connectivity index is 2.89. The number of unbranched alkanes of at least 4 members (excludes halogenated alkanes) is 1. The Morgan fingerprint density at radius 3 is 2.30 bits per heavy atom. The topological polar surface area (TPSA) is 57.6 Å². The summed E-state index contributed by atoms with van der Waals surface area (Å²) in [6.45, 7) is 5.84. The Hall–Kier alpha value is -1.84. The van der Waals surface area contributed by atoms with Gasteiger partial charge in [-0.2, -0.15) is 0 Å². The number of nitrogens with zero attached hydrogens (tertiary/aromatic N) is 1. The molecule has 4 heteroatoms. The minimum Gasteiger partial charge on any atom is -0.481 e. The van der Waals surface area contributed by atoms with Crippen LogP contribution in [0.25, 0.3) is 0 Å². The summed E-state index contributed by atoms with van der Waals surface area (Å²) in [5.74, 6) is -1.09. The predicted octanol–water partition coefficient (Wildman–Crippen LogP) is 3.32. The van der Waals surface area contributed by atoms with E-state index in [1.54, 1.807) is 18.7 Å². The van der Waals surface area contributed by atoms with Crippen LogP contribution in [0, 0.1) is 5.41 Å². The van der Waals surface area contributed by atoms with E-state index in [0.29, 0.717) is 6.54 Å². The van der Waals surface area contributed by atoms with Gasteiger partial charge in [-0.3, -0.25) is 9.59 Å². The van der Waals surface area contributed by atoms with Crippen LogP contribution in [0.1, 0.15) is 40.0 Å². The molecule has 0 radical (unpaired) electrons. The summed E-state index contributed by atoms with van der Waals surface area (Å²) < 4.78 is 0.